The minimum atomic E-state index is -0.181. The monoisotopic (exact) mass is 268 g/mol. The Morgan fingerprint density at radius 3 is 2.21 bits per heavy atom. The maximum absolute atomic E-state index is 11.1. The molecule has 0 spiro atoms. The molecule has 0 saturated carbocycles. The maximum atomic E-state index is 11.1. The highest BCUT2D eigenvalue weighted by atomic mass is 16.5. The number of hydrogen-bond acceptors (Lipinski definition) is 5. The number of benzene rings is 1. The van der Waals surface area contributed by atoms with E-state index in [4.69, 9.17) is 19.9 Å². The van der Waals surface area contributed by atoms with Crippen molar-refractivity contribution in [2.24, 2.45) is 5.73 Å². The second-order valence-corrected chi connectivity index (χ2v) is 3.82. The molecule has 19 heavy (non-hydrogen) atoms. The van der Waals surface area contributed by atoms with Gasteiger partial charge in [-0.1, -0.05) is 0 Å². The van der Waals surface area contributed by atoms with Crippen LogP contribution in [-0.2, 0) is 11.2 Å². The molecular formula is C13H20N2O4. The van der Waals surface area contributed by atoms with E-state index in [1.807, 2.05) is 6.07 Å². The molecule has 3 N–H and O–H groups in total. The van der Waals surface area contributed by atoms with E-state index >= 15 is 0 Å². The number of carbonyl (C=O) groups excluding carboxylic acids is 1. The summed E-state index contributed by atoms with van der Waals surface area (Å²) >= 11 is 0. The van der Waals surface area contributed by atoms with Crippen LogP contribution in [-0.4, -0.2) is 40.3 Å². The van der Waals surface area contributed by atoms with Crippen molar-refractivity contribution in [3.63, 3.8) is 0 Å². The van der Waals surface area contributed by atoms with Gasteiger partial charge in [-0.2, -0.15) is 0 Å². The molecule has 0 bridgehead atoms. The summed E-state index contributed by atoms with van der Waals surface area (Å²) < 4.78 is 15.7. The topological polar surface area (TPSA) is 82.8 Å². The van der Waals surface area contributed by atoms with Crippen molar-refractivity contribution in [2.45, 2.75) is 6.42 Å². The fraction of sp³-hybridized carbons (Fsp3) is 0.462. The Labute approximate surface area is 112 Å². The summed E-state index contributed by atoms with van der Waals surface area (Å²) in [6.07, 6.45) is 0.620. The zero-order chi connectivity index (χ0) is 14.3. The molecule has 1 rings (SSSR count). The summed E-state index contributed by atoms with van der Waals surface area (Å²) in [5.74, 6) is 1.75. The first-order chi connectivity index (χ1) is 9.15. The molecule has 0 saturated heterocycles. The number of rotatable bonds is 7. The van der Waals surface area contributed by atoms with E-state index in [0.717, 1.165) is 5.56 Å². The van der Waals surface area contributed by atoms with Crippen LogP contribution in [0.25, 0.3) is 0 Å². The van der Waals surface area contributed by atoms with Crippen LogP contribution in [0.2, 0.25) is 0 Å². The van der Waals surface area contributed by atoms with Crippen LogP contribution >= 0.6 is 0 Å². The molecule has 0 aromatic heterocycles. The highest BCUT2D eigenvalue weighted by Crippen LogP contribution is 2.34. The molecular weight excluding hydrogens is 248 g/mol. The standard InChI is InChI=1S/C13H20N2O4/c1-17-10-7-12(19-3)11(18-2)6-9(10)4-5-15-13(16)8-14/h6-7H,4-5,8,14H2,1-3H3,(H,15,16). The fourth-order valence-corrected chi connectivity index (χ4v) is 1.70. The lowest BCUT2D eigenvalue weighted by atomic mass is 10.1. The molecule has 1 amide bonds. The van der Waals surface area contributed by atoms with E-state index in [9.17, 15) is 4.79 Å². The van der Waals surface area contributed by atoms with E-state index in [2.05, 4.69) is 5.32 Å². The average molecular weight is 268 g/mol. The van der Waals surface area contributed by atoms with Gasteiger partial charge >= 0.3 is 0 Å². The van der Waals surface area contributed by atoms with Gasteiger partial charge in [-0.3, -0.25) is 4.79 Å². The summed E-state index contributed by atoms with van der Waals surface area (Å²) in [5.41, 5.74) is 6.15. The van der Waals surface area contributed by atoms with Gasteiger partial charge in [0, 0.05) is 12.6 Å². The Kier molecular flexibility index (Phi) is 5.95. The van der Waals surface area contributed by atoms with Gasteiger partial charge in [-0.25, -0.2) is 0 Å². The summed E-state index contributed by atoms with van der Waals surface area (Å²) in [5, 5.41) is 2.71. The first kappa shape index (κ1) is 15.1. The molecule has 0 aliphatic carbocycles. The number of amides is 1. The van der Waals surface area contributed by atoms with Crippen molar-refractivity contribution in [2.75, 3.05) is 34.4 Å². The summed E-state index contributed by atoms with van der Waals surface area (Å²) in [6, 6.07) is 3.60. The number of nitrogens with two attached hydrogens (primary N) is 1. The van der Waals surface area contributed by atoms with Crippen LogP contribution in [0, 0.1) is 0 Å². The van der Waals surface area contributed by atoms with Crippen LogP contribution < -0.4 is 25.3 Å². The van der Waals surface area contributed by atoms with Gasteiger partial charge in [-0.15, -0.1) is 0 Å². The lowest BCUT2D eigenvalue weighted by Gasteiger charge is -2.14. The number of hydrogen-bond donors (Lipinski definition) is 2. The molecule has 0 atom stereocenters. The predicted molar refractivity (Wildman–Crippen MR) is 71.9 cm³/mol. The van der Waals surface area contributed by atoms with Gasteiger partial charge in [0.1, 0.15) is 5.75 Å². The highest BCUT2D eigenvalue weighted by molar-refractivity contribution is 5.77. The Bertz CT molecular complexity index is 435. The van der Waals surface area contributed by atoms with E-state index in [-0.39, 0.29) is 12.5 Å². The zero-order valence-electron chi connectivity index (χ0n) is 11.5. The molecule has 0 aliphatic heterocycles. The van der Waals surface area contributed by atoms with Gasteiger partial charge < -0.3 is 25.3 Å². The van der Waals surface area contributed by atoms with Crippen molar-refractivity contribution in [1.82, 2.24) is 5.32 Å². The van der Waals surface area contributed by atoms with Crippen LogP contribution in [0.3, 0.4) is 0 Å². The van der Waals surface area contributed by atoms with E-state index < -0.39 is 0 Å². The summed E-state index contributed by atoms with van der Waals surface area (Å²) in [4.78, 5) is 11.1. The number of methoxy groups -OCH3 is 3. The van der Waals surface area contributed by atoms with E-state index in [1.54, 1.807) is 27.4 Å². The van der Waals surface area contributed by atoms with Crippen molar-refractivity contribution >= 4 is 5.91 Å². The van der Waals surface area contributed by atoms with Gasteiger partial charge in [0.05, 0.1) is 27.9 Å². The molecule has 6 heteroatoms. The number of nitrogens with one attached hydrogen (secondary N) is 1. The SMILES string of the molecule is COc1cc(OC)c(OC)cc1CCNC(=O)CN. The van der Waals surface area contributed by atoms with Crippen LogP contribution in [0.15, 0.2) is 12.1 Å². The fourth-order valence-electron chi connectivity index (χ4n) is 1.70. The number of ether oxygens (including phenoxy) is 3. The van der Waals surface area contributed by atoms with Gasteiger partial charge in [0.2, 0.25) is 5.91 Å². The molecule has 1 aromatic rings. The first-order valence-corrected chi connectivity index (χ1v) is 5.91. The molecule has 0 heterocycles. The minimum absolute atomic E-state index is 0.0108. The van der Waals surface area contributed by atoms with Crippen molar-refractivity contribution < 1.29 is 19.0 Å². The molecule has 106 valence electrons. The zero-order valence-corrected chi connectivity index (χ0v) is 11.5. The Morgan fingerprint density at radius 2 is 1.68 bits per heavy atom. The Morgan fingerprint density at radius 1 is 1.11 bits per heavy atom. The average Bonchev–Trinajstić information content (AvgIpc) is 2.46. The van der Waals surface area contributed by atoms with Gasteiger partial charge in [0.15, 0.2) is 11.5 Å². The largest absolute Gasteiger partial charge is 0.496 e. The lowest BCUT2D eigenvalue weighted by Crippen LogP contribution is -2.31. The van der Waals surface area contributed by atoms with Crippen molar-refractivity contribution in [1.29, 1.82) is 0 Å². The van der Waals surface area contributed by atoms with Gasteiger partial charge in [0.25, 0.3) is 0 Å². The normalized spacial score (nSPS) is 9.89. The Balaban J connectivity index is 2.83. The molecule has 0 fully saturated rings. The molecule has 1 aromatic carbocycles. The van der Waals surface area contributed by atoms with Crippen molar-refractivity contribution in [3.05, 3.63) is 17.7 Å². The summed E-state index contributed by atoms with van der Waals surface area (Å²) in [7, 11) is 4.73. The van der Waals surface area contributed by atoms with Crippen LogP contribution in [0.5, 0.6) is 17.2 Å². The second kappa shape index (κ2) is 7.48. The number of carbonyl (C=O) groups is 1. The summed E-state index contributed by atoms with van der Waals surface area (Å²) in [6.45, 7) is 0.477. The van der Waals surface area contributed by atoms with E-state index in [0.29, 0.717) is 30.2 Å². The maximum Gasteiger partial charge on any atom is 0.233 e. The van der Waals surface area contributed by atoms with Crippen LogP contribution in [0.4, 0.5) is 0 Å². The van der Waals surface area contributed by atoms with Crippen molar-refractivity contribution in [3.8, 4) is 17.2 Å². The second-order valence-electron chi connectivity index (χ2n) is 3.82. The smallest absolute Gasteiger partial charge is 0.233 e. The lowest BCUT2D eigenvalue weighted by molar-refractivity contribution is -0.119. The predicted octanol–water partition coefficient (Wildman–Crippen LogP) is 0.330. The van der Waals surface area contributed by atoms with E-state index in [1.165, 1.54) is 0 Å². The van der Waals surface area contributed by atoms with Crippen LogP contribution in [0.1, 0.15) is 5.56 Å². The molecule has 6 nitrogen and oxygen atoms in total. The third kappa shape index (κ3) is 4.03. The quantitative estimate of drug-likeness (QED) is 0.744. The molecule has 0 aliphatic rings. The highest BCUT2D eigenvalue weighted by Gasteiger charge is 2.11. The Hall–Kier alpha value is -1.95. The minimum Gasteiger partial charge on any atom is -0.496 e. The molecule has 0 radical (unpaired) electrons. The third-order valence-corrected chi connectivity index (χ3v) is 2.69. The van der Waals surface area contributed by atoms with Gasteiger partial charge in [-0.05, 0) is 18.1 Å². The molecule has 0 unspecified atom stereocenters. The first-order valence-electron chi connectivity index (χ1n) is 5.91. The third-order valence-electron chi connectivity index (χ3n) is 2.69.